The standard InChI is InChI=1S/4C7H7.Hf.Zr/c4*1-7-5-3-2-4-6-7;;/h4*2-6H,1H2;;/q4*-1;;+4. The van der Waals surface area contributed by atoms with Crippen LogP contribution in [0.25, 0.3) is 0 Å². The molecule has 0 saturated carbocycles. The summed E-state index contributed by atoms with van der Waals surface area (Å²) in [5, 5.41) is 0. The molecule has 148 valence electrons. The Labute approximate surface area is 221 Å². The van der Waals surface area contributed by atoms with Gasteiger partial charge in [-0.15, -0.1) is 48.5 Å². The van der Waals surface area contributed by atoms with E-state index in [-0.39, 0.29) is 52.0 Å². The van der Waals surface area contributed by atoms with Gasteiger partial charge in [0, 0.05) is 25.8 Å². The Morgan fingerprint density at radius 3 is 0.500 bits per heavy atom. The molecule has 0 atom stereocenters. The van der Waals surface area contributed by atoms with Crippen LogP contribution in [-0.2, 0) is 52.0 Å². The van der Waals surface area contributed by atoms with Gasteiger partial charge in [-0.25, -0.2) is 0 Å². The molecular weight excluding hydrogens is 606 g/mol. The van der Waals surface area contributed by atoms with Crippen molar-refractivity contribution in [1.82, 2.24) is 0 Å². The topological polar surface area (TPSA) is 0 Å². The van der Waals surface area contributed by atoms with E-state index in [9.17, 15) is 0 Å². The Morgan fingerprint density at radius 1 is 0.300 bits per heavy atom. The summed E-state index contributed by atoms with van der Waals surface area (Å²) in [7, 11) is 0. The van der Waals surface area contributed by atoms with E-state index < -0.39 is 0 Å². The molecule has 0 aliphatic heterocycles. The van der Waals surface area contributed by atoms with Crippen LogP contribution in [0.1, 0.15) is 22.3 Å². The van der Waals surface area contributed by atoms with Crippen molar-refractivity contribution >= 4 is 0 Å². The van der Waals surface area contributed by atoms with Crippen LogP contribution in [0.4, 0.5) is 0 Å². The molecule has 0 amide bonds. The van der Waals surface area contributed by atoms with Gasteiger partial charge in [0.15, 0.2) is 0 Å². The number of rotatable bonds is 0. The summed E-state index contributed by atoms with van der Waals surface area (Å²) >= 11 is 0. The molecule has 4 aromatic rings. The normalized spacial score (nSPS) is 8.00. The molecular formula is C28H28HfZr. The summed E-state index contributed by atoms with van der Waals surface area (Å²) in [5.74, 6) is 0. The second-order valence-corrected chi connectivity index (χ2v) is 5.94. The van der Waals surface area contributed by atoms with E-state index in [1.807, 2.05) is 121 Å². The van der Waals surface area contributed by atoms with Gasteiger partial charge >= 0.3 is 26.2 Å². The molecule has 0 unspecified atom stereocenters. The first-order chi connectivity index (χ1) is 13.6. The second kappa shape index (κ2) is 20.4. The molecule has 0 spiro atoms. The summed E-state index contributed by atoms with van der Waals surface area (Å²) in [6.45, 7) is 14.9. The first-order valence-electron chi connectivity index (χ1n) is 9.06. The Morgan fingerprint density at radius 2 is 0.433 bits per heavy atom. The van der Waals surface area contributed by atoms with Gasteiger partial charge in [0.2, 0.25) is 0 Å². The van der Waals surface area contributed by atoms with Crippen molar-refractivity contribution in [3.8, 4) is 0 Å². The Balaban J connectivity index is 0. The van der Waals surface area contributed by atoms with Gasteiger partial charge in [-0.3, -0.25) is 0 Å². The third-order valence-electron chi connectivity index (χ3n) is 3.37. The van der Waals surface area contributed by atoms with Crippen LogP contribution in [-0.4, -0.2) is 0 Å². The van der Waals surface area contributed by atoms with Gasteiger partial charge in [-0.2, -0.15) is 98.5 Å². The fourth-order valence-corrected chi connectivity index (χ4v) is 1.91. The zero-order valence-corrected chi connectivity index (χ0v) is 23.4. The van der Waals surface area contributed by atoms with E-state index >= 15 is 0 Å². The van der Waals surface area contributed by atoms with Crippen LogP contribution in [0, 0.1) is 27.7 Å². The van der Waals surface area contributed by atoms with Gasteiger partial charge < -0.3 is 0 Å². The molecule has 0 aliphatic carbocycles. The van der Waals surface area contributed by atoms with Crippen LogP contribution in [0.15, 0.2) is 121 Å². The molecule has 4 rings (SSSR count). The molecule has 0 N–H and O–H groups in total. The van der Waals surface area contributed by atoms with Crippen LogP contribution in [0.3, 0.4) is 0 Å². The first-order valence-corrected chi connectivity index (χ1v) is 9.06. The first kappa shape index (κ1) is 30.3. The van der Waals surface area contributed by atoms with E-state index in [4.69, 9.17) is 0 Å². The maximum absolute atomic E-state index is 3.72. The van der Waals surface area contributed by atoms with E-state index in [1.165, 1.54) is 0 Å². The third kappa shape index (κ3) is 18.2. The molecule has 4 aromatic carbocycles. The van der Waals surface area contributed by atoms with Crippen LogP contribution in [0.5, 0.6) is 0 Å². The summed E-state index contributed by atoms with van der Waals surface area (Å²) in [6.07, 6.45) is 0. The van der Waals surface area contributed by atoms with Crippen molar-refractivity contribution in [2.45, 2.75) is 0 Å². The van der Waals surface area contributed by atoms with Crippen LogP contribution >= 0.6 is 0 Å². The summed E-state index contributed by atoms with van der Waals surface area (Å²) in [6, 6.07) is 39.5. The smallest absolute Gasteiger partial charge is 0.199 e. The zero-order valence-electron chi connectivity index (χ0n) is 17.4. The summed E-state index contributed by atoms with van der Waals surface area (Å²) < 4.78 is 0. The summed E-state index contributed by atoms with van der Waals surface area (Å²) in [4.78, 5) is 0. The minimum Gasteiger partial charge on any atom is -0.199 e. The third-order valence-corrected chi connectivity index (χ3v) is 3.37. The van der Waals surface area contributed by atoms with Gasteiger partial charge in [0.05, 0.1) is 0 Å². The monoisotopic (exact) mass is 634 g/mol. The number of benzene rings is 4. The molecule has 30 heavy (non-hydrogen) atoms. The molecule has 0 fully saturated rings. The average Bonchev–Trinajstić information content (AvgIpc) is 2.72. The molecule has 0 radical (unpaired) electrons. The van der Waals surface area contributed by atoms with Crippen molar-refractivity contribution < 1.29 is 52.0 Å². The van der Waals surface area contributed by atoms with E-state index in [0.717, 1.165) is 22.3 Å². The largest absolute Gasteiger partial charge is 4.00 e. The SMILES string of the molecule is [CH2-]c1ccccc1.[CH2-]c1ccccc1.[CH2-]c1ccccc1.[CH2-]c1ccccc1.[Hf].[Zr+4]. The zero-order chi connectivity index (χ0) is 20.5. The summed E-state index contributed by atoms with van der Waals surface area (Å²) in [5.41, 5.74) is 4.29. The van der Waals surface area contributed by atoms with Crippen molar-refractivity contribution in [3.05, 3.63) is 171 Å². The second-order valence-electron chi connectivity index (χ2n) is 5.94. The number of hydrogen-bond acceptors (Lipinski definition) is 0. The van der Waals surface area contributed by atoms with Gasteiger partial charge in [-0.1, -0.05) is 24.3 Å². The minimum absolute atomic E-state index is 0. The van der Waals surface area contributed by atoms with Crippen molar-refractivity contribution in [3.63, 3.8) is 0 Å². The van der Waals surface area contributed by atoms with Gasteiger partial charge in [-0.05, 0) is 0 Å². The van der Waals surface area contributed by atoms with E-state index in [2.05, 4.69) is 27.7 Å². The number of hydrogen-bond donors (Lipinski definition) is 0. The molecule has 0 aromatic heterocycles. The Bertz CT molecular complexity index is 682. The van der Waals surface area contributed by atoms with E-state index in [0.29, 0.717) is 0 Å². The van der Waals surface area contributed by atoms with Crippen molar-refractivity contribution in [1.29, 1.82) is 0 Å². The quantitative estimate of drug-likeness (QED) is 0.139. The Kier molecular flexibility index (Phi) is 20.6. The molecule has 2 heteroatoms. The fraction of sp³-hybridized carbons (Fsp3) is 0. The van der Waals surface area contributed by atoms with Crippen molar-refractivity contribution in [2.24, 2.45) is 0 Å². The van der Waals surface area contributed by atoms with Gasteiger partial charge in [0.1, 0.15) is 0 Å². The maximum atomic E-state index is 3.72. The minimum atomic E-state index is 0. The van der Waals surface area contributed by atoms with Gasteiger partial charge in [0.25, 0.3) is 0 Å². The van der Waals surface area contributed by atoms with Crippen LogP contribution < -0.4 is 0 Å². The maximum Gasteiger partial charge on any atom is 4.00 e. The Hall–Kier alpha value is -1.89. The molecule has 0 bridgehead atoms. The van der Waals surface area contributed by atoms with Crippen LogP contribution in [0.2, 0.25) is 0 Å². The molecule has 0 saturated heterocycles. The predicted molar refractivity (Wildman–Crippen MR) is 124 cm³/mol. The molecule has 0 aliphatic rings. The predicted octanol–water partition coefficient (Wildman–Crippen LogP) is 7.47. The van der Waals surface area contributed by atoms with E-state index in [1.54, 1.807) is 0 Å². The molecule has 0 heterocycles. The fourth-order valence-electron chi connectivity index (χ4n) is 1.91. The average molecular weight is 634 g/mol. The van der Waals surface area contributed by atoms with Crippen molar-refractivity contribution in [2.75, 3.05) is 0 Å². The molecule has 0 nitrogen and oxygen atoms in total.